The minimum atomic E-state index is -3.61. The van der Waals surface area contributed by atoms with Gasteiger partial charge in [0.2, 0.25) is 10.0 Å². The lowest BCUT2D eigenvalue weighted by Crippen LogP contribution is -2.38. The molecule has 5 nitrogen and oxygen atoms in total. The molecular formula is C21H26N2O3S. The third-order valence-electron chi connectivity index (χ3n) is 5.27. The van der Waals surface area contributed by atoms with Crippen LogP contribution in [0.2, 0.25) is 0 Å². The Morgan fingerprint density at radius 1 is 1.07 bits per heavy atom. The van der Waals surface area contributed by atoms with Crippen LogP contribution in [0.4, 0.5) is 5.69 Å². The van der Waals surface area contributed by atoms with Crippen molar-refractivity contribution >= 4 is 21.6 Å². The van der Waals surface area contributed by atoms with Crippen molar-refractivity contribution < 1.29 is 13.2 Å². The summed E-state index contributed by atoms with van der Waals surface area (Å²) in [5.74, 6) is 0.232. The van der Waals surface area contributed by atoms with E-state index in [-0.39, 0.29) is 10.8 Å². The van der Waals surface area contributed by atoms with E-state index in [0.29, 0.717) is 35.8 Å². The van der Waals surface area contributed by atoms with Gasteiger partial charge in [-0.2, -0.15) is 4.31 Å². The molecule has 144 valence electrons. The maximum absolute atomic E-state index is 13.2. The predicted molar refractivity (Wildman–Crippen MR) is 107 cm³/mol. The van der Waals surface area contributed by atoms with Crippen LogP contribution in [-0.4, -0.2) is 31.7 Å². The first-order valence-electron chi connectivity index (χ1n) is 9.27. The topological polar surface area (TPSA) is 66.5 Å². The van der Waals surface area contributed by atoms with Crippen LogP contribution in [0, 0.1) is 19.8 Å². The number of rotatable bonds is 4. The van der Waals surface area contributed by atoms with E-state index < -0.39 is 10.0 Å². The largest absolute Gasteiger partial charge is 0.322 e. The summed E-state index contributed by atoms with van der Waals surface area (Å²) in [6.07, 6.45) is 1.73. The second-order valence-corrected chi connectivity index (χ2v) is 9.23. The van der Waals surface area contributed by atoms with Crippen molar-refractivity contribution in [1.29, 1.82) is 0 Å². The van der Waals surface area contributed by atoms with Gasteiger partial charge in [-0.3, -0.25) is 4.79 Å². The second kappa shape index (κ2) is 7.82. The van der Waals surface area contributed by atoms with Crippen LogP contribution in [0.25, 0.3) is 0 Å². The summed E-state index contributed by atoms with van der Waals surface area (Å²) in [5.41, 5.74) is 2.52. The third-order valence-corrected chi connectivity index (χ3v) is 7.30. The summed E-state index contributed by atoms with van der Waals surface area (Å²) in [6, 6.07) is 12.4. The number of anilines is 1. The highest BCUT2D eigenvalue weighted by molar-refractivity contribution is 7.89. The molecule has 3 rings (SSSR count). The standard InChI is InChI=1S/C21H26N2O3S/c1-15-9-11-23(12-10-15)27(25,26)20-14-18(13-16(2)17(20)3)21(24)22-19-7-5-4-6-8-19/h4-8,13-15H,9-12H2,1-3H3,(H,22,24). The van der Waals surface area contributed by atoms with Crippen LogP contribution in [0.15, 0.2) is 47.4 Å². The van der Waals surface area contributed by atoms with Gasteiger partial charge in [0.05, 0.1) is 4.90 Å². The Morgan fingerprint density at radius 3 is 2.33 bits per heavy atom. The Labute approximate surface area is 161 Å². The van der Waals surface area contributed by atoms with Crippen molar-refractivity contribution in [2.75, 3.05) is 18.4 Å². The normalized spacial score (nSPS) is 16.3. The van der Waals surface area contributed by atoms with Crippen LogP contribution in [0.5, 0.6) is 0 Å². The molecule has 0 aliphatic carbocycles. The second-order valence-electron chi connectivity index (χ2n) is 7.32. The molecule has 1 aliphatic heterocycles. The minimum Gasteiger partial charge on any atom is -0.322 e. The zero-order chi connectivity index (χ0) is 19.6. The van der Waals surface area contributed by atoms with Crippen LogP contribution < -0.4 is 5.32 Å². The van der Waals surface area contributed by atoms with Crippen LogP contribution in [0.1, 0.15) is 41.3 Å². The highest BCUT2D eigenvalue weighted by atomic mass is 32.2. The first-order chi connectivity index (χ1) is 12.8. The fraction of sp³-hybridized carbons (Fsp3) is 0.381. The van der Waals surface area contributed by atoms with Crippen molar-refractivity contribution in [3.63, 3.8) is 0 Å². The van der Waals surface area contributed by atoms with Gasteiger partial charge < -0.3 is 5.32 Å². The number of carbonyl (C=O) groups excluding carboxylic acids is 1. The average molecular weight is 387 g/mol. The molecule has 2 aromatic carbocycles. The molecule has 2 aromatic rings. The van der Waals surface area contributed by atoms with Crippen molar-refractivity contribution in [3.8, 4) is 0 Å². The first kappa shape index (κ1) is 19.6. The molecule has 1 heterocycles. The minimum absolute atomic E-state index is 0.232. The lowest BCUT2D eigenvalue weighted by molar-refractivity contribution is 0.102. The smallest absolute Gasteiger partial charge is 0.255 e. The summed E-state index contributed by atoms with van der Waals surface area (Å²) in [6.45, 7) is 6.85. The van der Waals surface area contributed by atoms with E-state index >= 15 is 0 Å². The first-order valence-corrected chi connectivity index (χ1v) is 10.7. The van der Waals surface area contributed by atoms with Gasteiger partial charge >= 0.3 is 0 Å². The molecular weight excluding hydrogens is 360 g/mol. The average Bonchev–Trinajstić information content (AvgIpc) is 2.64. The van der Waals surface area contributed by atoms with Crippen LogP contribution in [-0.2, 0) is 10.0 Å². The predicted octanol–water partition coefficient (Wildman–Crippen LogP) is 3.98. The van der Waals surface area contributed by atoms with E-state index in [0.717, 1.165) is 18.4 Å². The lowest BCUT2D eigenvalue weighted by atomic mass is 10.0. The summed E-state index contributed by atoms with van der Waals surface area (Å²) >= 11 is 0. The summed E-state index contributed by atoms with van der Waals surface area (Å²) in [7, 11) is -3.61. The highest BCUT2D eigenvalue weighted by Crippen LogP contribution is 2.28. The van der Waals surface area contributed by atoms with E-state index in [9.17, 15) is 13.2 Å². The van der Waals surface area contributed by atoms with E-state index in [1.807, 2.05) is 25.1 Å². The van der Waals surface area contributed by atoms with Gasteiger partial charge in [0.1, 0.15) is 0 Å². The molecule has 0 saturated carbocycles. The van der Waals surface area contributed by atoms with Crippen molar-refractivity contribution in [2.24, 2.45) is 5.92 Å². The molecule has 0 radical (unpaired) electrons. The molecule has 1 saturated heterocycles. The van der Waals surface area contributed by atoms with E-state index in [2.05, 4.69) is 12.2 Å². The van der Waals surface area contributed by atoms with E-state index in [1.165, 1.54) is 6.07 Å². The van der Waals surface area contributed by atoms with Gasteiger partial charge in [-0.05, 0) is 68.0 Å². The Bertz CT molecular complexity index is 931. The van der Waals surface area contributed by atoms with Gasteiger partial charge in [-0.15, -0.1) is 0 Å². The molecule has 1 amide bonds. The van der Waals surface area contributed by atoms with Crippen molar-refractivity contribution in [2.45, 2.75) is 38.5 Å². The molecule has 0 aromatic heterocycles. The molecule has 27 heavy (non-hydrogen) atoms. The van der Waals surface area contributed by atoms with Gasteiger partial charge in [0.15, 0.2) is 0 Å². The van der Waals surface area contributed by atoms with Gasteiger partial charge in [-0.1, -0.05) is 25.1 Å². The molecule has 6 heteroatoms. The van der Waals surface area contributed by atoms with Gasteiger partial charge in [-0.25, -0.2) is 8.42 Å². The summed E-state index contributed by atoms with van der Waals surface area (Å²) in [4.78, 5) is 12.9. The summed E-state index contributed by atoms with van der Waals surface area (Å²) < 4.78 is 27.9. The number of hydrogen-bond acceptors (Lipinski definition) is 3. The zero-order valence-corrected chi connectivity index (χ0v) is 16.8. The molecule has 0 unspecified atom stereocenters. The number of benzene rings is 2. The van der Waals surface area contributed by atoms with Crippen molar-refractivity contribution in [1.82, 2.24) is 4.31 Å². The zero-order valence-electron chi connectivity index (χ0n) is 16.0. The molecule has 1 fully saturated rings. The number of hydrogen-bond donors (Lipinski definition) is 1. The molecule has 1 N–H and O–H groups in total. The van der Waals surface area contributed by atoms with Gasteiger partial charge in [0, 0.05) is 24.3 Å². The number of carbonyl (C=O) groups is 1. The number of nitrogens with zero attached hydrogens (tertiary/aromatic N) is 1. The fourth-order valence-electron chi connectivity index (χ4n) is 3.32. The number of aryl methyl sites for hydroxylation is 1. The van der Waals surface area contributed by atoms with Crippen LogP contribution in [0.3, 0.4) is 0 Å². The molecule has 0 bridgehead atoms. The van der Waals surface area contributed by atoms with Gasteiger partial charge in [0.25, 0.3) is 5.91 Å². The summed E-state index contributed by atoms with van der Waals surface area (Å²) in [5, 5.41) is 2.82. The van der Waals surface area contributed by atoms with Crippen molar-refractivity contribution in [3.05, 3.63) is 59.2 Å². The lowest BCUT2D eigenvalue weighted by Gasteiger charge is -2.30. The Hall–Kier alpha value is -2.18. The number of nitrogens with one attached hydrogen (secondary N) is 1. The van der Waals surface area contributed by atoms with E-state index in [4.69, 9.17) is 0 Å². The van der Waals surface area contributed by atoms with Crippen LogP contribution >= 0.6 is 0 Å². The maximum Gasteiger partial charge on any atom is 0.255 e. The Balaban J connectivity index is 1.93. The quantitative estimate of drug-likeness (QED) is 0.864. The maximum atomic E-state index is 13.2. The fourth-order valence-corrected chi connectivity index (χ4v) is 5.11. The number of para-hydroxylation sites is 1. The molecule has 0 spiro atoms. The number of amides is 1. The third kappa shape index (κ3) is 4.22. The van der Waals surface area contributed by atoms with E-state index in [1.54, 1.807) is 29.4 Å². The monoisotopic (exact) mass is 386 g/mol. The SMILES string of the molecule is Cc1cc(C(=O)Nc2ccccc2)cc(S(=O)(=O)N2CCC(C)CC2)c1C. The number of piperidine rings is 1. The molecule has 1 aliphatic rings. The highest BCUT2D eigenvalue weighted by Gasteiger charge is 2.30. The number of sulfonamides is 1. The Morgan fingerprint density at radius 2 is 1.70 bits per heavy atom. The Kier molecular flexibility index (Phi) is 5.67. The molecule has 0 atom stereocenters.